The van der Waals surface area contributed by atoms with Crippen LogP contribution < -0.4 is 10.6 Å². The third-order valence-corrected chi connectivity index (χ3v) is 4.50. The first kappa shape index (κ1) is 18.6. The molecule has 2 aromatic rings. The van der Waals surface area contributed by atoms with Crippen LogP contribution in [0.5, 0.6) is 0 Å². The Labute approximate surface area is 157 Å². The van der Waals surface area contributed by atoms with Crippen LogP contribution in [0.3, 0.4) is 0 Å². The summed E-state index contributed by atoms with van der Waals surface area (Å²) >= 11 is 0. The predicted molar refractivity (Wildman–Crippen MR) is 101 cm³/mol. The zero-order chi connectivity index (χ0) is 19.1. The first-order valence-corrected chi connectivity index (χ1v) is 8.97. The van der Waals surface area contributed by atoms with Gasteiger partial charge in [-0.15, -0.1) is 0 Å². The number of benzene rings is 2. The molecule has 2 N–H and O–H groups in total. The zero-order valence-electron chi connectivity index (χ0n) is 14.9. The molecule has 6 nitrogen and oxygen atoms in total. The van der Waals surface area contributed by atoms with E-state index in [1.54, 1.807) is 0 Å². The normalized spacial score (nSPS) is 15.4. The van der Waals surface area contributed by atoms with Crippen molar-refractivity contribution in [2.45, 2.75) is 25.9 Å². The summed E-state index contributed by atoms with van der Waals surface area (Å²) in [5.74, 6) is -1.06. The third-order valence-electron chi connectivity index (χ3n) is 4.50. The van der Waals surface area contributed by atoms with Crippen LogP contribution in [-0.2, 0) is 32.1 Å². The minimum Gasteiger partial charge on any atom is -0.460 e. The van der Waals surface area contributed by atoms with Crippen molar-refractivity contribution in [1.82, 2.24) is 5.32 Å². The van der Waals surface area contributed by atoms with Gasteiger partial charge in [0.05, 0.1) is 0 Å². The van der Waals surface area contributed by atoms with Crippen molar-refractivity contribution in [2.75, 3.05) is 11.9 Å². The van der Waals surface area contributed by atoms with Gasteiger partial charge in [-0.25, -0.2) is 0 Å². The van der Waals surface area contributed by atoms with Crippen LogP contribution in [0, 0.1) is 5.92 Å². The van der Waals surface area contributed by atoms with Gasteiger partial charge in [-0.3, -0.25) is 14.4 Å². The number of anilines is 1. The summed E-state index contributed by atoms with van der Waals surface area (Å²) in [5, 5.41) is 5.42. The Morgan fingerprint density at radius 2 is 1.81 bits per heavy atom. The first-order valence-electron chi connectivity index (χ1n) is 8.97. The molecular formula is C21H22N2O4. The van der Waals surface area contributed by atoms with E-state index in [1.165, 1.54) is 0 Å². The van der Waals surface area contributed by atoms with Gasteiger partial charge in [-0.1, -0.05) is 48.5 Å². The van der Waals surface area contributed by atoms with Crippen molar-refractivity contribution in [3.8, 4) is 0 Å². The van der Waals surface area contributed by atoms with Gasteiger partial charge in [-0.05, 0) is 30.0 Å². The molecule has 1 unspecified atom stereocenters. The van der Waals surface area contributed by atoms with Gasteiger partial charge in [0, 0.05) is 18.0 Å². The van der Waals surface area contributed by atoms with E-state index in [-0.39, 0.29) is 37.3 Å². The maximum absolute atomic E-state index is 12.1. The van der Waals surface area contributed by atoms with Gasteiger partial charge >= 0.3 is 5.97 Å². The summed E-state index contributed by atoms with van der Waals surface area (Å²) in [4.78, 5) is 35.8. The van der Waals surface area contributed by atoms with Gasteiger partial charge in [0.25, 0.3) is 0 Å². The van der Waals surface area contributed by atoms with Crippen LogP contribution in [-0.4, -0.2) is 24.3 Å². The number of para-hydroxylation sites is 1. The van der Waals surface area contributed by atoms with Crippen LogP contribution in [0.2, 0.25) is 0 Å². The molecule has 1 aliphatic heterocycles. The number of hydrogen-bond donors (Lipinski definition) is 2. The fourth-order valence-electron chi connectivity index (χ4n) is 3.00. The van der Waals surface area contributed by atoms with Crippen molar-refractivity contribution in [1.29, 1.82) is 0 Å². The molecule has 140 valence electrons. The second-order valence-electron chi connectivity index (χ2n) is 6.51. The molecular weight excluding hydrogens is 344 g/mol. The lowest BCUT2D eigenvalue weighted by atomic mass is 9.89. The van der Waals surface area contributed by atoms with Crippen LogP contribution >= 0.6 is 0 Å². The number of hydrogen-bond acceptors (Lipinski definition) is 4. The minimum absolute atomic E-state index is 0.0660. The van der Waals surface area contributed by atoms with E-state index in [9.17, 15) is 14.4 Å². The van der Waals surface area contributed by atoms with Gasteiger partial charge in [0.1, 0.15) is 13.2 Å². The van der Waals surface area contributed by atoms with E-state index in [0.29, 0.717) is 12.8 Å². The van der Waals surface area contributed by atoms with Crippen molar-refractivity contribution in [2.24, 2.45) is 5.92 Å². The average Bonchev–Trinajstić information content (AvgIpc) is 2.70. The van der Waals surface area contributed by atoms with E-state index in [2.05, 4.69) is 10.6 Å². The van der Waals surface area contributed by atoms with Crippen LogP contribution in [0.4, 0.5) is 5.69 Å². The maximum atomic E-state index is 12.1. The molecule has 0 aliphatic carbocycles. The summed E-state index contributed by atoms with van der Waals surface area (Å²) in [6.07, 6.45) is 1.24. The third kappa shape index (κ3) is 5.41. The van der Waals surface area contributed by atoms with E-state index in [0.717, 1.165) is 16.8 Å². The maximum Gasteiger partial charge on any atom is 0.325 e. The van der Waals surface area contributed by atoms with E-state index in [1.807, 2.05) is 54.6 Å². The Morgan fingerprint density at radius 3 is 2.63 bits per heavy atom. The largest absolute Gasteiger partial charge is 0.460 e. The van der Waals surface area contributed by atoms with E-state index in [4.69, 9.17) is 4.74 Å². The van der Waals surface area contributed by atoms with Crippen molar-refractivity contribution in [3.05, 3.63) is 65.7 Å². The molecule has 1 heterocycles. The minimum atomic E-state index is -0.489. The molecule has 1 aliphatic rings. The lowest BCUT2D eigenvalue weighted by Crippen LogP contribution is -2.33. The van der Waals surface area contributed by atoms with Crippen LogP contribution in [0.25, 0.3) is 0 Å². The fourth-order valence-corrected chi connectivity index (χ4v) is 3.00. The number of rotatable bonds is 7. The molecule has 0 aromatic heterocycles. The fraction of sp³-hybridized carbons (Fsp3) is 0.286. The molecule has 0 bridgehead atoms. The first-order chi connectivity index (χ1) is 13.1. The molecule has 3 rings (SSSR count). The van der Waals surface area contributed by atoms with E-state index < -0.39 is 5.97 Å². The molecule has 27 heavy (non-hydrogen) atoms. The highest BCUT2D eigenvalue weighted by atomic mass is 16.5. The number of esters is 1. The van der Waals surface area contributed by atoms with Gasteiger partial charge in [-0.2, -0.15) is 0 Å². The number of carbonyl (C=O) groups excluding carboxylic acids is 3. The Bertz CT molecular complexity index is 820. The molecule has 0 saturated heterocycles. The second kappa shape index (κ2) is 8.98. The smallest absolute Gasteiger partial charge is 0.325 e. The molecule has 1 atom stereocenters. The summed E-state index contributed by atoms with van der Waals surface area (Å²) < 4.78 is 5.11. The highest BCUT2D eigenvalue weighted by Gasteiger charge is 2.26. The molecule has 6 heteroatoms. The number of amides is 2. The highest BCUT2D eigenvalue weighted by molar-refractivity contribution is 5.96. The highest BCUT2D eigenvalue weighted by Crippen LogP contribution is 2.27. The molecule has 2 amide bonds. The second-order valence-corrected chi connectivity index (χ2v) is 6.51. The lowest BCUT2D eigenvalue weighted by molar-refractivity contribution is -0.145. The Kier molecular flexibility index (Phi) is 6.20. The van der Waals surface area contributed by atoms with Crippen LogP contribution in [0.15, 0.2) is 54.6 Å². The zero-order valence-corrected chi connectivity index (χ0v) is 14.9. The molecule has 0 radical (unpaired) electrons. The molecule has 0 saturated carbocycles. The summed E-state index contributed by atoms with van der Waals surface area (Å²) in [7, 11) is 0. The van der Waals surface area contributed by atoms with Crippen molar-refractivity contribution < 1.29 is 19.1 Å². The van der Waals surface area contributed by atoms with Crippen molar-refractivity contribution >= 4 is 23.5 Å². The lowest BCUT2D eigenvalue weighted by Gasteiger charge is -2.24. The molecule has 0 spiro atoms. The Balaban J connectivity index is 1.37. The van der Waals surface area contributed by atoms with Gasteiger partial charge in [0.2, 0.25) is 11.8 Å². The number of nitrogens with one attached hydrogen (secondary N) is 2. The SMILES string of the molecule is O=C(CCC1Cc2ccccc2NC1=O)NCC(=O)OCc1ccccc1. The van der Waals surface area contributed by atoms with Gasteiger partial charge < -0.3 is 15.4 Å². The van der Waals surface area contributed by atoms with Gasteiger partial charge in [0.15, 0.2) is 0 Å². The standard InChI is InChI=1S/C21H22N2O4/c24-19(22-13-20(25)27-14-15-6-2-1-3-7-15)11-10-17-12-16-8-4-5-9-18(16)23-21(17)26/h1-9,17H,10-14H2,(H,22,24)(H,23,26). The Hall–Kier alpha value is -3.15. The Morgan fingerprint density at radius 1 is 1.07 bits per heavy atom. The average molecular weight is 366 g/mol. The summed E-state index contributed by atoms with van der Waals surface area (Å²) in [6.45, 7) is 0.00254. The monoisotopic (exact) mass is 366 g/mol. The summed E-state index contributed by atoms with van der Waals surface area (Å²) in [5.41, 5.74) is 2.80. The van der Waals surface area contributed by atoms with Crippen LogP contribution in [0.1, 0.15) is 24.0 Å². The quantitative estimate of drug-likeness (QED) is 0.737. The number of fused-ring (bicyclic) bond motifs is 1. The predicted octanol–water partition coefficient (Wildman–Crippen LogP) is 2.44. The topological polar surface area (TPSA) is 84.5 Å². The molecule has 2 aromatic carbocycles. The van der Waals surface area contributed by atoms with Crippen molar-refractivity contribution in [3.63, 3.8) is 0 Å². The summed E-state index contributed by atoms with van der Waals surface area (Å²) in [6, 6.07) is 17.0. The van der Waals surface area contributed by atoms with E-state index >= 15 is 0 Å². The number of carbonyl (C=O) groups is 3. The number of ether oxygens (including phenoxy) is 1. The molecule has 0 fully saturated rings.